The highest BCUT2D eigenvalue weighted by Gasteiger charge is 2.09. The molecule has 0 fully saturated rings. The van der Waals surface area contributed by atoms with E-state index in [1.54, 1.807) is 11.3 Å². The molecule has 1 heterocycles. The van der Waals surface area contributed by atoms with Crippen LogP contribution >= 0.6 is 11.3 Å². The van der Waals surface area contributed by atoms with Crippen molar-refractivity contribution in [2.75, 3.05) is 19.6 Å². The molecular weight excluding hydrogens is 342 g/mol. The zero-order valence-corrected chi connectivity index (χ0v) is 15.7. The Labute approximate surface area is 159 Å². The minimum absolute atomic E-state index is 0.510. The standard InChI is InChI=1S/C21H25N3OS/c22-12-14-24(13-11-18-7-3-1-4-8-18)15-19-17-26-21(23-19)16-25-20-9-5-2-6-10-20/h1-10,17H,11-16,22H2. The summed E-state index contributed by atoms with van der Waals surface area (Å²) in [5.41, 5.74) is 8.23. The number of aromatic nitrogens is 1. The number of ether oxygens (including phenoxy) is 1. The van der Waals surface area contributed by atoms with Crippen LogP contribution in [0.5, 0.6) is 5.75 Å². The first kappa shape index (κ1) is 18.6. The summed E-state index contributed by atoms with van der Waals surface area (Å²) in [4.78, 5) is 7.08. The van der Waals surface area contributed by atoms with Crippen molar-refractivity contribution in [2.45, 2.75) is 19.6 Å². The average molecular weight is 368 g/mol. The highest BCUT2D eigenvalue weighted by Crippen LogP contribution is 2.16. The van der Waals surface area contributed by atoms with Crippen molar-refractivity contribution in [3.8, 4) is 5.75 Å². The van der Waals surface area contributed by atoms with Gasteiger partial charge >= 0.3 is 0 Å². The Hall–Kier alpha value is -2.21. The van der Waals surface area contributed by atoms with Crippen LogP contribution < -0.4 is 10.5 Å². The van der Waals surface area contributed by atoms with Gasteiger partial charge in [0.15, 0.2) is 0 Å². The fourth-order valence-electron chi connectivity index (χ4n) is 2.76. The number of nitrogens with two attached hydrogens (primary N) is 1. The third kappa shape index (κ3) is 5.95. The Kier molecular flexibility index (Phi) is 7.19. The average Bonchev–Trinajstić information content (AvgIpc) is 3.14. The number of hydrogen-bond donors (Lipinski definition) is 1. The fourth-order valence-corrected chi connectivity index (χ4v) is 3.46. The summed E-state index contributed by atoms with van der Waals surface area (Å²) in [5.74, 6) is 0.872. The van der Waals surface area contributed by atoms with Gasteiger partial charge in [-0.25, -0.2) is 4.98 Å². The second-order valence-corrected chi connectivity index (χ2v) is 7.08. The molecule has 0 aliphatic heterocycles. The topological polar surface area (TPSA) is 51.4 Å². The van der Waals surface area contributed by atoms with Crippen LogP contribution in [0.25, 0.3) is 0 Å². The lowest BCUT2D eigenvalue weighted by Gasteiger charge is -2.20. The van der Waals surface area contributed by atoms with Crippen LogP contribution in [-0.2, 0) is 19.6 Å². The molecule has 0 bridgehead atoms. The highest BCUT2D eigenvalue weighted by atomic mass is 32.1. The van der Waals surface area contributed by atoms with Crippen LogP contribution in [0.3, 0.4) is 0 Å². The SMILES string of the molecule is NCCN(CCc1ccccc1)Cc1csc(COc2ccccc2)n1. The van der Waals surface area contributed by atoms with Gasteiger partial charge in [-0.15, -0.1) is 11.3 Å². The van der Waals surface area contributed by atoms with Crippen molar-refractivity contribution in [1.82, 2.24) is 9.88 Å². The Morgan fingerprint density at radius 1 is 0.962 bits per heavy atom. The monoisotopic (exact) mass is 367 g/mol. The van der Waals surface area contributed by atoms with Crippen molar-refractivity contribution < 1.29 is 4.74 Å². The van der Waals surface area contributed by atoms with Crippen LogP contribution in [0.15, 0.2) is 66.0 Å². The van der Waals surface area contributed by atoms with E-state index in [4.69, 9.17) is 15.5 Å². The summed E-state index contributed by atoms with van der Waals surface area (Å²) in [6.07, 6.45) is 1.02. The largest absolute Gasteiger partial charge is 0.486 e. The second-order valence-electron chi connectivity index (χ2n) is 6.13. The molecule has 0 saturated carbocycles. The van der Waals surface area contributed by atoms with Crippen molar-refractivity contribution in [3.05, 3.63) is 82.3 Å². The first-order valence-electron chi connectivity index (χ1n) is 8.91. The van der Waals surface area contributed by atoms with Gasteiger partial charge in [0.1, 0.15) is 17.4 Å². The zero-order valence-electron chi connectivity index (χ0n) is 14.9. The van der Waals surface area contributed by atoms with Crippen molar-refractivity contribution in [1.29, 1.82) is 0 Å². The van der Waals surface area contributed by atoms with Gasteiger partial charge in [-0.3, -0.25) is 4.90 Å². The molecule has 3 aromatic rings. The Balaban J connectivity index is 1.51. The third-order valence-corrected chi connectivity index (χ3v) is 4.97. The first-order valence-corrected chi connectivity index (χ1v) is 9.79. The van der Waals surface area contributed by atoms with Crippen molar-refractivity contribution in [3.63, 3.8) is 0 Å². The summed E-state index contributed by atoms with van der Waals surface area (Å²) in [5, 5.41) is 3.12. The van der Waals surface area contributed by atoms with Gasteiger partial charge in [-0.2, -0.15) is 0 Å². The molecule has 0 amide bonds. The van der Waals surface area contributed by atoms with E-state index in [1.807, 2.05) is 30.3 Å². The molecule has 26 heavy (non-hydrogen) atoms. The molecule has 5 heteroatoms. The van der Waals surface area contributed by atoms with E-state index in [0.717, 1.165) is 42.5 Å². The van der Waals surface area contributed by atoms with Crippen LogP contribution in [0.4, 0.5) is 0 Å². The summed E-state index contributed by atoms with van der Waals surface area (Å²) in [6.45, 7) is 3.85. The van der Waals surface area contributed by atoms with Crippen LogP contribution in [0, 0.1) is 0 Å². The van der Waals surface area contributed by atoms with Crippen LogP contribution in [0.2, 0.25) is 0 Å². The van der Waals surface area contributed by atoms with E-state index in [0.29, 0.717) is 13.2 Å². The van der Waals surface area contributed by atoms with Gasteiger partial charge < -0.3 is 10.5 Å². The van der Waals surface area contributed by atoms with Gasteiger partial charge in [0, 0.05) is 31.6 Å². The van der Waals surface area contributed by atoms with E-state index in [-0.39, 0.29) is 0 Å². The molecule has 0 saturated heterocycles. The zero-order chi connectivity index (χ0) is 18.0. The predicted octanol–water partition coefficient (Wildman–Crippen LogP) is 3.73. The summed E-state index contributed by atoms with van der Waals surface area (Å²) >= 11 is 1.65. The Bertz CT molecular complexity index is 761. The molecule has 0 radical (unpaired) electrons. The Morgan fingerprint density at radius 3 is 2.42 bits per heavy atom. The van der Waals surface area contributed by atoms with Gasteiger partial charge in [-0.05, 0) is 24.1 Å². The molecule has 1 aromatic heterocycles. The highest BCUT2D eigenvalue weighted by molar-refractivity contribution is 7.09. The minimum atomic E-state index is 0.510. The molecule has 0 unspecified atom stereocenters. The molecule has 3 rings (SSSR count). The molecule has 136 valence electrons. The van der Waals surface area contributed by atoms with Crippen molar-refractivity contribution >= 4 is 11.3 Å². The molecular formula is C21H25N3OS. The van der Waals surface area contributed by atoms with Gasteiger partial charge in [-0.1, -0.05) is 48.5 Å². The summed E-state index contributed by atoms with van der Waals surface area (Å²) in [7, 11) is 0. The van der Waals surface area contributed by atoms with E-state index in [2.05, 4.69) is 40.6 Å². The normalized spacial score (nSPS) is 11.0. The van der Waals surface area contributed by atoms with E-state index in [9.17, 15) is 0 Å². The van der Waals surface area contributed by atoms with E-state index >= 15 is 0 Å². The maximum Gasteiger partial charge on any atom is 0.140 e. The molecule has 0 aliphatic rings. The Morgan fingerprint density at radius 2 is 1.69 bits per heavy atom. The molecule has 0 atom stereocenters. The lowest BCUT2D eigenvalue weighted by Crippen LogP contribution is -2.31. The molecule has 4 nitrogen and oxygen atoms in total. The number of benzene rings is 2. The number of hydrogen-bond acceptors (Lipinski definition) is 5. The number of para-hydroxylation sites is 1. The van der Waals surface area contributed by atoms with Crippen molar-refractivity contribution in [2.24, 2.45) is 5.73 Å². The maximum atomic E-state index is 5.79. The maximum absolute atomic E-state index is 5.79. The van der Waals surface area contributed by atoms with E-state index in [1.165, 1.54) is 5.56 Å². The fraction of sp³-hybridized carbons (Fsp3) is 0.286. The molecule has 2 N–H and O–H groups in total. The summed E-state index contributed by atoms with van der Waals surface area (Å²) in [6, 6.07) is 20.4. The number of rotatable bonds is 10. The van der Waals surface area contributed by atoms with Gasteiger partial charge in [0.25, 0.3) is 0 Å². The first-order chi connectivity index (χ1) is 12.8. The quantitative estimate of drug-likeness (QED) is 0.593. The molecule has 0 spiro atoms. The minimum Gasteiger partial charge on any atom is -0.486 e. The van der Waals surface area contributed by atoms with Crippen LogP contribution in [0.1, 0.15) is 16.3 Å². The number of nitrogens with zero attached hydrogens (tertiary/aromatic N) is 2. The predicted molar refractivity (Wildman–Crippen MR) is 107 cm³/mol. The lowest BCUT2D eigenvalue weighted by atomic mass is 10.1. The van der Waals surface area contributed by atoms with Gasteiger partial charge in [0.2, 0.25) is 0 Å². The molecule has 0 aliphatic carbocycles. The van der Waals surface area contributed by atoms with Crippen LogP contribution in [-0.4, -0.2) is 29.5 Å². The number of thiazole rings is 1. The third-order valence-electron chi connectivity index (χ3n) is 4.10. The van der Waals surface area contributed by atoms with Gasteiger partial charge in [0.05, 0.1) is 5.69 Å². The van der Waals surface area contributed by atoms with E-state index < -0.39 is 0 Å². The second kappa shape index (κ2) is 10.1. The smallest absolute Gasteiger partial charge is 0.140 e. The lowest BCUT2D eigenvalue weighted by molar-refractivity contribution is 0.272. The summed E-state index contributed by atoms with van der Waals surface area (Å²) < 4.78 is 5.78. The molecule has 2 aromatic carbocycles.